The fourth-order valence-corrected chi connectivity index (χ4v) is 2.56. The number of aromatic nitrogens is 2. The van der Waals surface area contributed by atoms with E-state index >= 15 is 0 Å². The Kier molecular flexibility index (Phi) is 5.55. The molecule has 0 aliphatic carbocycles. The van der Waals surface area contributed by atoms with Crippen LogP contribution in [0.2, 0.25) is 5.02 Å². The van der Waals surface area contributed by atoms with Crippen LogP contribution in [-0.2, 0) is 9.53 Å². The number of esters is 1. The van der Waals surface area contributed by atoms with Crippen LogP contribution >= 0.6 is 11.6 Å². The number of carbonyl (C=O) groups is 1. The molecule has 2 N–H and O–H groups in total. The molecule has 0 aliphatic rings. The van der Waals surface area contributed by atoms with Crippen LogP contribution in [0, 0.1) is 11.3 Å². The molecule has 0 atom stereocenters. The monoisotopic (exact) mass is 379 g/mol. The minimum Gasteiger partial charge on any atom is -0.507 e. The van der Waals surface area contributed by atoms with Crippen molar-refractivity contribution >= 4 is 40.3 Å². The summed E-state index contributed by atoms with van der Waals surface area (Å²) in [7, 11) is 0. The average molecular weight is 380 g/mol. The number of fused-ring (bicyclic) bond motifs is 1. The zero-order chi connectivity index (χ0) is 19.2. The zero-order valence-corrected chi connectivity index (χ0v) is 14.8. The number of nitrogens with zero attached hydrogens (tertiary/aromatic N) is 2. The lowest BCUT2D eigenvalue weighted by Gasteiger charge is -2.03. The fraction of sp³-hybridized carbons (Fsp3) is 0.0500. The summed E-state index contributed by atoms with van der Waals surface area (Å²) in [5.41, 5.74) is 2.04. The normalized spacial score (nSPS) is 12.0. The predicted octanol–water partition coefficient (Wildman–Crippen LogP) is 4.27. The van der Waals surface area contributed by atoms with Gasteiger partial charge in [0.1, 0.15) is 18.2 Å². The lowest BCUT2D eigenvalue weighted by Crippen LogP contribution is -2.06. The Hall–Kier alpha value is -3.56. The molecule has 0 saturated heterocycles. The van der Waals surface area contributed by atoms with Crippen LogP contribution in [0.15, 0.2) is 60.4 Å². The van der Waals surface area contributed by atoms with E-state index in [4.69, 9.17) is 16.3 Å². The summed E-state index contributed by atoms with van der Waals surface area (Å²) in [6.45, 7) is -0.446. The van der Waals surface area contributed by atoms with Crippen LogP contribution in [-0.4, -0.2) is 27.7 Å². The number of nitriles is 1. The highest BCUT2D eigenvalue weighted by Gasteiger charge is 2.14. The highest BCUT2D eigenvalue weighted by Crippen LogP contribution is 2.19. The molecule has 1 aromatic heterocycles. The summed E-state index contributed by atoms with van der Waals surface area (Å²) < 4.78 is 4.97. The SMILES string of the molecule is N#C/C(=C(/O)COC(=O)/C=C/c1cccc(Cl)c1)c1nc2ccccc2[nH]1. The molecule has 134 valence electrons. The Bertz CT molecular complexity index is 1060. The molecule has 0 unspecified atom stereocenters. The summed E-state index contributed by atoms with van der Waals surface area (Å²) in [4.78, 5) is 19.0. The molecular weight excluding hydrogens is 366 g/mol. The van der Waals surface area contributed by atoms with Gasteiger partial charge in [0.05, 0.1) is 11.0 Å². The lowest BCUT2D eigenvalue weighted by molar-refractivity contribution is -0.137. The zero-order valence-electron chi connectivity index (χ0n) is 14.0. The minimum absolute atomic E-state index is 0.0854. The number of aliphatic hydroxyl groups is 1. The molecular formula is C20H14ClN3O3. The Labute approximate surface area is 160 Å². The van der Waals surface area contributed by atoms with Crippen molar-refractivity contribution in [3.63, 3.8) is 0 Å². The summed E-state index contributed by atoms with van der Waals surface area (Å²) in [6.07, 6.45) is 2.76. The second kappa shape index (κ2) is 8.21. The van der Waals surface area contributed by atoms with Gasteiger partial charge in [-0.1, -0.05) is 35.9 Å². The van der Waals surface area contributed by atoms with E-state index in [9.17, 15) is 15.2 Å². The van der Waals surface area contributed by atoms with Crippen LogP contribution < -0.4 is 0 Å². The molecule has 6 nitrogen and oxygen atoms in total. The van der Waals surface area contributed by atoms with Crippen molar-refractivity contribution in [2.75, 3.05) is 6.61 Å². The van der Waals surface area contributed by atoms with E-state index in [0.29, 0.717) is 10.5 Å². The quantitative estimate of drug-likeness (QED) is 0.298. The van der Waals surface area contributed by atoms with Gasteiger partial charge in [-0.15, -0.1) is 0 Å². The summed E-state index contributed by atoms with van der Waals surface area (Å²) in [5.74, 6) is -0.841. The number of halogens is 1. The van der Waals surface area contributed by atoms with Crippen LogP contribution in [0.5, 0.6) is 0 Å². The molecule has 27 heavy (non-hydrogen) atoms. The molecule has 3 aromatic rings. The van der Waals surface area contributed by atoms with Crippen molar-refractivity contribution in [2.45, 2.75) is 0 Å². The highest BCUT2D eigenvalue weighted by atomic mass is 35.5. The first kappa shape index (κ1) is 18.2. The van der Waals surface area contributed by atoms with E-state index in [1.165, 1.54) is 6.08 Å². The molecule has 0 amide bonds. The first-order valence-corrected chi connectivity index (χ1v) is 8.32. The van der Waals surface area contributed by atoms with E-state index in [1.54, 1.807) is 42.5 Å². The van der Waals surface area contributed by atoms with Crippen LogP contribution in [0.1, 0.15) is 11.4 Å². The van der Waals surface area contributed by atoms with E-state index in [2.05, 4.69) is 9.97 Å². The molecule has 0 bridgehead atoms. The van der Waals surface area contributed by atoms with Gasteiger partial charge in [0.25, 0.3) is 0 Å². The third kappa shape index (κ3) is 4.54. The number of carbonyl (C=O) groups excluding carboxylic acids is 1. The van der Waals surface area contributed by atoms with E-state index in [1.807, 2.05) is 18.2 Å². The number of ether oxygens (including phenoxy) is 1. The van der Waals surface area contributed by atoms with Crippen LogP contribution in [0.25, 0.3) is 22.7 Å². The molecule has 7 heteroatoms. The minimum atomic E-state index is -0.663. The molecule has 3 rings (SSSR count). The molecule has 2 aromatic carbocycles. The van der Waals surface area contributed by atoms with Gasteiger partial charge in [-0.05, 0) is 35.9 Å². The number of hydrogen-bond acceptors (Lipinski definition) is 5. The lowest BCUT2D eigenvalue weighted by atomic mass is 10.2. The topological polar surface area (TPSA) is 99.0 Å². The fourth-order valence-electron chi connectivity index (χ4n) is 2.36. The van der Waals surface area contributed by atoms with Gasteiger partial charge in [0, 0.05) is 11.1 Å². The maximum Gasteiger partial charge on any atom is 0.331 e. The van der Waals surface area contributed by atoms with E-state index < -0.39 is 12.6 Å². The number of aromatic amines is 1. The number of rotatable bonds is 5. The highest BCUT2D eigenvalue weighted by molar-refractivity contribution is 6.30. The Morgan fingerprint density at radius 2 is 2.11 bits per heavy atom. The van der Waals surface area contributed by atoms with Gasteiger partial charge in [-0.3, -0.25) is 0 Å². The first-order valence-electron chi connectivity index (χ1n) is 7.94. The van der Waals surface area contributed by atoms with E-state index in [-0.39, 0.29) is 17.2 Å². The average Bonchev–Trinajstić information content (AvgIpc) is 3.09. The Balaban J connectivity index is 1.69. The summed E-state index contributed by atoms with van der Waals surface area (Å²) in [6, 6.07) is 16.1. The van der Waals surface area contributed by atoms with E-state index in [0.717, 1.165) is 11.1 Å². The Morgan fingerprint density at radius 3 is 2.85 bits per heavy atom. The summed E-state index contributed by atoms with van der Waals surface area (Å²) in [5, 5.41) is 20.0. The summed E-state index contributed by atoms with van der Waals surface area (Å²) >= 11 is 5.87. The van der Waals surface area contributed by atoms with Crippen molar-refractivity contribution < 1.29 is 14.6 Å². The largest absolute Gasteiger partial charge is 0.507 e. The van der Waals surface area contributed by atoms with Crippen molar-refractivity contribution in [2.24, 2.45) is 0 Å². The molecule has 0 aliphatic heterocycles. The van der Waals surface area contributed by atoms with Gasteiger partial charge < -0.3 is 14.8 Å². The number of hydrogen-bond donors (Lipinski definition) is 2. The molecule has 0 fully saturated rings. The van der Waals surface area contributed by atoms with Crippen LogP contribution in [0.4, 0.5) is 0 Å². The number of imidazole rings is 1. The van der Waals surface area contributed by atoms with Crippen molar-refractivity contribution in [1.29, 1.82) is 5.26 Å². The number of allylic oxidation sites excluding steroid dienone is 1. The molecule has 0 spiro atoms. The van der Waals surface area contributed by atoms with Crippen molar-refractivity contribution in [1.82, 2.24) is 9.97 Å². The maximum absolute atomic E-state index is 11.8. The first-order chi connectivity index (χ1) is 13.1. The van der Waals surface area contributed by atoms with Crippen molar-refractivity contribution in [3.8, 4) is 6.07 Å². The third-order valence-electron chi connectivity index (χ3n) is 3.64. The van der Waals surface area contributed by atoms with Gasteiger partial charge in [-0.25, -0.2) is 9.78 Å². The number of nitrogens with one attached hydrogen (secondary N) is 1. The molecule has 0 radical (unpaired) electrons. The smallest absolute Gasteiger partial charge is 0.331 e. The van der Waals surface area contributed by atoms with Gasteiger partial charge >= 0.3 is 5.97 Å². The predicted molar refractivity (Wildman–Crippen MR) is 103 cm³/mol. The number of aliphatic hydroxyl groups excluding tert-OH is 1. The molecule has 1 heterocycles. The third-order valence-corrected chi connectivity index (χ3v) is 3.87. The van der Waals surface area contributed by atoms with Gasteiger partial charge in [0.15, 0.2) is 11.6 Å². The molecule has 0 saturated carbocycles. The standard InChI is InChI=1S/C20H14ClN3O3/c21-14-5-3-4-13(10-14)8-9-19(26)27-12-18(25)15(11-22)20-23-16-6-1-2-7-17(16)24-20/h1-10,25H,12H2,(H,23,24)/b9-8+,18-15-. The second-order valence-corrected chi connectivity index (χ2v) is 5.97. The maximum atomic E-state index is 11.8. The van der Waals surface area contributed by atoms with Gasteiger partial charge in [-0.2, -0.15) is 5.26 Å². The Morgan fingerprint density at radius 1 is 1.30 bits per heavy atom. The van der Waals surface area contributed by atoms with Crippen LogP contribution in [0.3, 0.4) is 0 Å². The second-order valence-electron chi connectivity index (χ2n) is 5.53. The van der Waals surface area contributed by atoms with Gasteiger partial charge in [0.2, 0.25) is 0 Å². The van der Waals surface area contributed by atoms with Crippen molar-refractivity contribution in [3.05, 3.63) is 76.8 Å². The number of H-pyrrole nitrogens is 1. The number of para-hydroxylation sites is 2. The number of benzene rings is 2.